The molecule has 8 atom stereocenters. The molecule has 0 spiro atoms. The molecule has 4 aliphatic carbocycles. The maximum absolute atomic E-state index is 12.1. The third kappa shape index (κ3) is 2.38. The molecule has 4 fully saturated rings. The molecule has 1 aliphatic heterocycles. The van der Waals surface area contributed by atoms with Crippen LogP contribution in [0, 0.1) is 34.5 Å². The standard InChI is InChI=1S/C23H34O4/c1-21-8-6-16(24)12-15(21)5-10-23(26)18-4-3-17(14-11-20(25)27-13-14)22(18,2)9-7-19(21)23/h11,15-19,24,26H,3-10,12-13H2,1-2H3. The summed E-state index contributed by atoms with van der Waals surface area (Å²) in [6.07, 6.45) is 10.7. The summed E-state index contributed by atoms with van der Waals surface area (Å²) in [6, 6.07) is 0. The van der Waals surface area contributed by atoms with Crippen molar-refractivity contribution in [3.8, 4) is 0 Å². The zero-order chi connectivity index (χ0) is 19.0. The Kier molecular flexibility index (Phi) is 3.92. The number of carbonyl (C=O) groups is 1. The summed E-state index contributed by atoms with van der Waals surface area (Å²) in [6.45, 7) is 5.22. The fourth-order valence-corrected chi connectivity index (χ4v) is 8.51. The van der Waals surface area contributed by atoms with Crippen LogP contribution in [-0.4, -0.2) is 34.5 Å². The minimum absolute atomic E-state index is 0.0719. The van der Waals surface area contributed by atoms with Crippen molar-refractivity contribution < 1.29 is 19.7 Å². The molecule has 5 aliphatic rings. The molecule has 0 aromatic carbocycles. The van der Waals surface area contributed by atoms with Gasteiger partial charge in [-0.1, -0.05) is 13.8 Å². The largest absolute Gasteiger partial charge is 0.458 e. The Morgan fingerprint density at radius 1 is 1.00 bits per heavy atom. The highest BCUT2D eigenvalue weighted by molar-refractivity contribution is 5.85. The second-order valence-electron chi connectivity index (χ2n) is 10.8. The summed E-state index contributed by atoms with van der Waals surface area (Å²) in [4.78, 5) is 11.6. The molecular formula is C23H34O4. The van der Waals surface area contributed by atoms with E-state index in [0.29, 0.717) is 30.3 Å². The third-order valence-electron chi connectivity index (χ3n) is 9.84. The molecule has 4 nitrogen and oxygen atoms in total. The van der Waals surface area contributed by atoms with Gasteiger partial charge in [-0.2, -0.15) is 0 Å². The van der Waals surface area contributed by atoms with Crippen molar-refractivity contribution in [2.24, 2.45) is 34.5 Å². The van der Waals surface area contributed by atoms with Crippen molar-refractivity contribution in [3.63, 3.8) is 0 Å². The first-order valence-corrected chi connectivity index (χ1v) is 11.0. The van der Waals surface area contributed by atoms with E-state index >= 15 is 0 Å². The van der Waals surface area contributed by atoms with Gasteiger partial charge in [-0.25, -0.2) is 4.79 Å². The molecule has 0 aromatic rings. The Labute approximate surface area is 162 Å². The lowest BCUT2D eigenvalue weighted by atomic mass is 9.42. The molecule has 4 heteroatoms. The Hall–Kier alpha value is -0.870. The van der Waals surface area contributed by atoms with Gasteiger partial charge >= 0.3 is 5.97 Å². The van der Waals surface area contributed by atoms with Gasteiger partial charge in [-0.15, -0.1) is 0 Å². The van der Waals surface area contributed by atoms with Crippen LogP contribution in [-0.2, 0) is 9.53 Å². The van der Waals surface area contributed by atoms with Crippen molar-refractivity contribution in [1.29, 1.82) is 0 Å². The van der Waals surface area contributed by atoms with Gasteiger partial charge in [-0.05, 0) is 97.9 Å². The number of aliphatic hydroxyl groups excluding tert-OH is 1. The number of ether oxygens (including phenoxy) is 1. The number of fused-ring (bicyclic) bond motifs is 5. The first-order chi connectivity index (χ1) is 12.8. The maximum atomic E-state index is 12.1. The van der Waals surface area contributed by atoms with Crippen molar-refractivity contribution in [2.75, 3.05) is 6.61 Å². The molecule has 0 amide bonds. The van der Waals surface area contributed by atoms with E-state index in [1.54, 1.807) is 6.08 Å². The van der Waals surface area contributed by atoms with Gasteiger partial charge in [0.1, 0.15) is 6.61 Å². The van der Waals surface area contributed by atoms with Crippen LogP contribution in [0.1, 0.15) is 71.6 Å². The number of hydrogen-bond donors (Lipinski definition) is 2. The lowest BCUT2D eigenvalue weighted by Crippen LogP contribution is -2.64. The molecule has 0 aromatic heterocycles. The Morgan fingerprint density at radius 3 is 2.48 bits per heavy atom. The number of esters is 1. The average molecular weight is 375 g/mol. The van der Waals surface area contributed by atoms with Crippen LogP contribution in [0.4, 0.5) is 0 Å². The van der Waals surface area contributed by atoms with Gasteiger partial charge in [0.25, 0.3) is 0 Å². The van der Waals surface area contributed by atoms with Crippen LogP contribution in [0.5, 0.6) is 0 Å². The lowest BCUT2D eigenvalue weighted by Gasteiger charge is -2.64. The maximum Gasteiger partial charge on any atom is 0.331 e. The van der Waals surface area contributed by atoms with Crippen molar-refractivity contribution in [3.05, 3.63) is 11.6 Å². The monoisotopic (exact) mass is 374 g/mol. The SMILES string of the molecule is CC12CCC(O)CC1CCC1(O)C2CCC2(C)C(C3=CC(=O)OC3)CCC21. The molecule has 0 saturated heterocycles. The first-order valence-electron chi connectivity index (χ1n) is 11.0. The molecule has 5 rings (SSSR count). The number of carbonyl (C=O) groups excluding carboxylic acids is 1. The van der Waals surface area contributed by atoms with Crippen LogP contribution >= 0.6 is 0 Å². The molecule has 27 heavy (non-hydrogen) atoms. The van der Waals surface area contributed by atoms with Gasteiger partial charge < -0.3 is 14.9 Å². The molecule has 150 valence electrons. The van der Waals surface area contributed by atoms with E-state index < -0.39 is 5.60 Å². The molecule has 0 bridgehead atoms. The average Bonchev–Trinajstić information content (AvgIpc) is 3.19. The summed E-state index contributed by atoms with van der Waals surface area (Å²) >= 11 is 0. The highest BCUT2D eigenvalue weighted by Gasteiger charge is 2.66. The van der Waals surface area contributed by atoms with Crippen molar-refractivity contribution in [2.45, 2.75) is 83.3 Å². The minimum Gasteiger partial charge on any atom is -0.458 e. The molecule has 4 saturated carbocycles. The van der Waals surface area contributed by atoms with Gasteiger partial charge in [-0.3, -0.25) is 0 Å². The second kappa shape index (κ2) is 5.82. The Balaban J connectivity index is 1.47. The Morgan fingerprint density at radius 2 is 1.74 bits per heavy atom. The van der Waals surface area contributed by atoms with Crippen LogP contribution in [0.3, 0.4) is 0 Å². The van der Waals surface area contributed by atoms with Crippen LogP contribution in [0.15, 0.2) is 11.6 Å². The van der Waals surface area contributed by atoms with E-state index in [1.807, 2.05) is 0 Å². The number of hydrogen-bond acceptors (Lipinski definition) is 4. The van der Waals surface area contributed by atoms with Crippen LogP contribution in [0.25, 0.3) is 0 Å². The minimum atomic E-state index is -0.584. The molecule has 1 heterocycles. The zero-order valence-corrected chi connectivity index (χ0v) is 16.7. The van der Waals surface area contributed by atoms with Crippen LogP contribution in [0.2, 0.25) is 0 Å². The number of aliphatic hydroxyl groups is 2. The Bertz CT molecular complexity index is 686. The smallest absolute Gasteiger partial charge is 0.331 e. The summed E-state index contributed by atoms with van der Waals surface area (Å²) in [5.74, 6) is 1.39. The highest BCUT2D eigenvalue weighted by atomic mass is 16.5. The predicted molar refractivity (Wildman–Crippen MR) is 102 cm³/mol. The third-order valence-corrected chi connectivity index (χ3v) is 9.84. The van der Waals surface area contributed by atoms with E-state index in [1.165, 1.54) is 0 Å². The van der Waals surface area contributed by atoms with E-state index in [4.69, 9.17) is 4.74 Å². The number of rotatable bonds is 1. The summed E-state index contributed by atoms with van der Waals surface area (Å²) in [7, 11) is 0. The van der Waals surface area contributed by atoms with E-state index in [0.717, 1.165) is 63.4 Å². The summed E-state index contributed by atoms with van der Waals surface area (Å²) < 4.78 is 5.21. The first kappa shape index (κ1) is 18.2. The molecular weight excluding hydrogens is 340 g/mol. The van der Waals surface area contributed by atoms with Crippen molar-refractivity contribution in [1.82, 2.24) is 0 Å². The lowest BCUT2D eigenvalue weighted by molar-refractivity contribution is -0.224. The highest BCUT2D eigenvalue weighted by Crippen LogP contribution is 2.69. The topological polar surface area (TPSA) is 66.8 Å². The van der Waals surface area contributed by atoms with Gasteiger partial charge in [0.2, 0.25) is 0 Å². The fraction of sp³-hybridized carbons (Fsp3) is 0.870. The normalized spacial score (nSPS) is 54.6. The van der Waals surface area contributed by atoms with Crippen molar-refractivity contribution >= 4 is 5.97 Å². The van der Waals surface area contributed by atoms with E-state index in [2.05, 4.69) is 13.8 Å². The molecule has 0 radical (unpaired) electrons. The molecule has 8 unspecified atom stereocenters. The van der Waals surface area contributed by atoms with E-state index in [9.17, 15) is 15.0 Å². The quantitative estimate of drug-likeness (QED) is 0.688. The predicted octanol–water partition coefficient (Wildman–Crippen LogP) is 3.60. The van der Waals surface area contributed by atoms with Gasteiger partial charge in [0, 0.05) is 6.08 Å². The van der Waals surface area contributed by atoms with Crippen LogP contribution < -0.4 is 0 Å². The summed E-state index contributed by atoms with van der Waals surface area (Å²) in [5.41, 5.74) is 0.812. The summed E-state index contributed by atoms with van der Waals surface area (Å²) in [5, 5.41) is 22.3. The zero-order valence-electron chi connectivity index (χ0n) is 16.7. The second-order valence-corrected chi connectivity index (χ2v) is 10.8. The number of cyclic esters (lactones) is 1. The van der Waals surface area contributed by atoms with Gasteiger partial charge in [0.05, 0.1) is 11.7 Å². The fourth-order valence-electron chi connectivity index (χ4n) is 8.51. The molecule has 2 N–H and O–H groups in total. The van der Waals surface area contributed by atoms with Gasteiger partial charge in [0.15, 0.2) is 0 Å². The van der Waals surface area contributed by atoms with E-state index in [-0.39, 0.29) is 22.9 Å².